The monoisotopic (exact) mass is 1150 g/mol. The first-order chi connectivity index (χ1) is 17.9. The summed E-state index contributed by atoms with van der Waals surface area (Å²) >= 11 is 0. The van der Waals surface area contributed by atoms with Crippen molar-refractivity contribution in [1.82, 2.24) is 15.0 Å². The molecule has 0 aliphatic carbocycles. The number of aromatic nitrogens is 3. The number of halogens is 2. The molecule has 0 aliphatic heterocycles. The molecule has 3 nitrogen and oxygen atoms in total. The van der Waals surface area contributed by atoms with Crippen LogP contribution in [0.15, 0.2) is 146 Å². The average molecular weight is 1150 g/mol. The smallest absolute Gasteiger partial charge is 1.00 e. The molecule has 200 valence electrons. The molecule has 0 fully saturated rings. The van der Waals surface area contributed by atoms with Crippen molar-refractivity contribution in [2.75, 3.05) is 0 Å². The van der Waals surface area contributed by atoms with Gasteiger partial charge in [0.2, 0.25) is 0 Å². The Bertz CT molecular complexity index is 1120. The maximum absolute atomic E-state index is 4.22. The predicted molar refractivity (Wildman–Crippen MR) is 151 cm³/mol. The van der Waals surface area contributed by atoms with Gasteiger partial charge in [0.05, 0.1) is 0 Å². The first-order valence-electron chi connectivity index (χ1n) is 11.5. The van der Waals surface area contributed by atoms with Crippen LogP contribution >= 0.6 is 0 Å². The van der Waals surface area contributed by atoms with Gasteiger partial charge in [-0.25, -0.2) is 0 Å². The molecule has 0 amide bonds. The number of hydrogen-bond acceptors (Lipinski definition) is 3. The number of rotatable bonds is 3. The molecule has 41 heavy (non-hydrogen) atoms. The molecule has 6 rings (SSSR count). The van der Waals surface area contributed by atoms with Gasteiger partial charge in [-0.15, -0.1) is 108 Å². The molecule has 0 N–H and O–H groups in total. The zero-order valence-corrected chi connectivity index (χ0v) is 34.5. The van der Waals surface area contributed by atoms with Crippen molar-refractivity contribution in [1.29, 1.82) is 0 Å². The molecule has 0 saturated carbocycles. The SMILES string of the molecule is [Eu+3].[I-].[I-].[Ir+3].[Sr+2].[c-]1ccccc1-c1ccccn1.[c-]1ccccc1-c1ccccn1.[c-]1ccccc1-c1ccccn1. The van der Waals surface area contributed by atoms with E-state index in [9.17, 15) is 0 Å². The topological polar surface area (TPSA) is 38.7 Å². The number of hydrogen-bond donors (Lipinski definition) is 0. The summed E-state index contributed by atoms with van der Waals surface area (Å²) in [6, 6.07) is 50.5. The number of nitrogens with zero attached hydrogens (tertiary/aromatic N) is 3. The van der Waals surface area contributed by atoms with Gasteiger partial charge in [0, 0.05) is 18.6 Å². The molecule has 0 atom stereocenters. The van der Waals surface area contributed by atoms with Gasteiger partial charge >= 0.3 is 115 Å². The molecule has 0 spiro atoms. The van der Waals surface area contributed by atoms with Crippen LogP contribution in [-0.4, -0.2) is 60.4 Å². The van der Waals surface area contributed by atoms with Gasteiger partial charge in [0.1, 0.15) is 0 Å². The third-order valence-electron chi connectivity index (χ3n) is 4.95. The minimum absolute atomic E-state index is 0. The largest absolute Gasteiger partial charge is 3.00 e. The van der Waals surface area contributed by atoms with Gasteiger partial charge in [-0.05, 0) is 35.3 Å². The molecular formula is C33H24EuI2IrN3Sr+3. The summed E-state index contributed by atoms with van der Waals surface area (Å²) in [7, 11) is 0. The first-order valence-corrected chi connectivity index (χ1v) is 11.5. The second-order valence-corrected chi connectivity index (χ2v) is 7.47. The van der Waals surface area contributed by atoms with Crippen LogP contribution in [0.25, 0.3) is 33.8 Å². The minimum Gasteiger partial charge on any atom is -1.00 e. The molecule has 0 aliphatic rings. The van der Waals surface area contributed by atoms with E-state index in [0.717, 1.165) is 33.8 Å². The van der Waals surface area contributed by atoms with Crippen LogP contribution in [0.4, 0.5) is 0 Å². The molecule has 8 heteroatoms. The Morgan fingerprint density at radius 1 is 0.390 bits per heavy atom. The fraction of sp³-hybridized carbons (Fsp3) is 0. The van der Waals surface area contributed by atoms with Gasteiger partial charge in [-0.2, -0.15) is 0 Å². The van der Waals surface area contributed by atoms with Crippen LogP contribution in [0.1, 0.15) is 0 Å². The normalized spacial score (nSPS) is 8.49. The van der Waals surface area contributed by atoms with E-state index in [4.69, 9.17) is 0 Å². The van der Waals surface area contributed by atoms with Crippen LogP contribution in [0, 0.1) is 67.6 Å². The number of pyridine rings is 3. The van der Waals surface area contributed by atoms with Crippen molar-refractivity contribution in [3.05, 3.63) is 164 Å². The Kier molecular flexibility index (Phi) is 28.2. The second kappa shape index (κ2) is 26.7. The van der Waals surface area contributed by atoms with Gasteiger partial charge in [-0.3, -0.25) is 0 Å². The maximum Gasteiger partial charge on any atom is 3.00 e. The molecule has 3 aromatic heterocycles. The third-order valence-corrected chi connectivity index (χ3v) is 4.95. The Hall–Kier alpha value is 0.284. The Labute approximate surface area is 369 Å². The van der Waals surface area contributed by atoms with E-state index in [2.05, 4.69) is 33.2 Å². The first kappa shape index (κ1) is 43.4. The quantitative estimate of drug-likeness (QED) is 0.153. The Morgan fingerprint density at radius 2 is 0.659 bits per heavy atom. The summed E-state index contributed by atoms with van der Waals surface area (Å²) in [4.78, 5) is 12.7. The van der Waals surface area contributed by atoms with Crippen molar-refractivity contribution >= 4 is 45.5 Å². The van der Waals surface area contributed by atoms with Gasteiger partial charge in [0.15, 0.2) is 0 Å². The molecule has 0 saturated heterocycles. The van der Waals surface area contributed by atoms with E-state index in [1.54, 1.807) is 18.6 Å². The summed E-state index contributed by atoms with van der Waals surface area (Å²) in [5.74, 6) is 0. The van der Waals surface area contributed by atoms with Crippen molar-refractivity contribution in [2.45, 2.75) is 0 Å². The predicted octanol–water partition coefficient (Wildman–Crippen LogP) is 1.27. The molecule has 6 aromatic rings. The van der Waals surface area contributed by atoms with E-state index >= 15 is 0 Å². The van der Waals surface area contributed by atoms with Crippen LogP contribution in [0.5, 0.6) is 0 Å². The molecule has 3 aromatic carbocycles. The van der Waals surface area contributed by atoms with Crippen molar-refractivity contribution in [3.8, 4) is 33.8 Å². The van der Waals surface area contributed by atoms with Gasteiger partial charge in [0.25, 0.3) is 0 Å². The summed E-state index contributed by atoms with van der Waals surface area (Å²) in [5.41, 5.74) is 6.03. The third kappa shape index (κ3) is 16.2. The average Bonchev–Trinajstić information content (AvgIpc) is 3.01. The maximum atomic E-state index is 4.22. The fourth-order valence-corrected chi connectivity index (χ4v) is 3.22. The van der Waals surface area contributed by atoms with Crippen LogP contribution in [0.3, 0.4) is 0 Å². The van der Waals surface area contributed by atoms with Crippen LogP contribution in [0.2, 0.25) is 0 Å². The molecule has 0 bridgehead atoms. The standard InChI is InChI=1S/3C11H8N.Eu.2HI.Ir.Sr/c3*1-2-6-10(7-3-1)11-8-4-5-9-12-11;;;;;/h3*1-6,8-9H;;2*1H;;/q3*-1;+3;;;+3;+2/p-2. The number of benzene rings is 3. The molecule has 3 heterocycles. The van der Waals surface area contributed by atoms with Gasteiger partial charge < -0.3 is 62.9 Å². The molecular weight excluding hydrogens is 1120 g/mol. The zero-order valence-electron chi connectivity index (χ0n) is 21.9. The summed E-state index contributed by atoms with van der Waals surface area (Å²) in [6.45, 7) is 0. The van der Waals surface area contributed by atoms with Crippen molar-refractivity contribution in [3.63, 3.8) is 0 Å². The Balaban J connectivity index is 0. The van der Waals surface area contributed by atoms with Crippen LogP contribution < -0.4 is 48.0 Å². The Morgan fingerprint density at radius 3 is 0.854 bits per heavy atom. The van der Waals surface area contributed by atoms with Gasteiger partial charge in [-0.1, -0.05) is 36.4 Å². The molecule has 0 radical (unpaired) electrons. The fourth-order valence-electron chi connectivity index (χ4n) is 3.22. The zero-order chi connectivity index (χ0) is 24.7. The minimum atomic E-state index is 0. The van der Waals surface area contributed by atoms with E-state index < -0.39 is 0 Å². The summed E-state index contributed by atoms with van der Waals surface area (Å²) in [6.07, 6.45) is 5.36. The molecule has 0 unspecified atom stereocenters. The van der Waals surface area contributed by atoms with Crippen molar-refractivity contribution < 1.29 is 117 Å². The van der Waals surface area contributed by atoms with E-state index in [1.165, 1.54) is 0 Å². The second-order valence-electron chi connectivity index (χ2n) is 7.47. The van der Waals surface area contributed by atoms with Crippen LogP contribution in [-0.2, 0) is 20.1 Å². The van der Waals surface area contributed by atoms with E-state index in [1.807, 2.05) is 127 Å². The van der Waals surface area contributed by atoms with E-state index in [-0.39, 0.29) is 163 Å². The van der Waals surface area contributed by atoms with Crippen molar-refractivity contribution in [2.24, 2.45) is 0 Å². The summed E-state index contributed by atoms with van der Waals surface area (Å²) < 4.78 is 0. The van der Waals surface area contributed by atoms with E-state index in [0.29, 0.717) is 0 Å². The summed E-state index contributed by atoms with van der Waals surface area (Å²) in [5, 5.41) is 0.